The van der Waals surface area contributed by atoms with Crippen LogP contribution < -0.4 is 10.0 Å². The molecule has 4 nitrogen and oxygen atoms in total. The summed E-state index contributed by atoms with van der Waals surface area (Å²) < 4.78 is 28.5. The van der Waals surface area contributed by atoms with Gasteiger partial charge in [-0.05, 0) is 70.2 Å². The second kappa shape index (κ2) is 7.06. The van der Waals surface area contributed by atoms with E-state index in [0.717, 1.165) is 14.6 Å². The second-order valence-electron chi connectivity index (χ2n) is 3.89. The van der Waals surface area contributed by atoms with Gasteiger partial charge in [-0.1, -0.05) is 6.92 Å². The minimum absolute atomic E-state index is 0.438. The molecule has 7 heteroatoms. The van der Waals surface area contributed by atoms with Crippen LogP contribution in [0.4, 0.5) is 5.69 Å². The smallest absolute Gasteiger partial charge is 0.236 e. The van der Waals surface area contributed by atoms with Gasteiger partial charge in [-0.15, -0.1) is 0 Å². The third kappa shape index (κ3) is 4.67. The third-order valence-corrected chi connectivity index (χ3v) is 5.45. The molecule has 0 saturated heterocycles. The molecule has 0 fully saturated rings. The monoisotopic (exact) mass is 446 g/mol. The van der Waals surface area contributed by atoms with Gasteiger partial charge in [0.15, 0.2) is 0 Å². The lowest BCUT2D eigenvalue weighted by atomic mass is 10.3. The van der Waals surface area contributed by atoms with E-state index < -0.39 is 15.3 Å². The fourth-order valence-corrected chi connectivity index (χ4v) is 3.83. The van der Waals surface area contributed by atoms with Gasteiger partial charge in [0, 0.05) is 14.6 Å². The summed E-state index contributed by atoms with van der Waals surface area (Å²) in [5.74, 6) is 0. The standard InChI is InChI=1S/C11H16BrIN2O2S/c1-3-14-7-8(2)18(16,17)15-11-5-4-9(13)6-10(11)12/h4-6,8,14-15H,3,7H2,1-2H3. The van der Waals surface area contributed by atoms with Crippen LogP contribution in [0.15, 0.2) is 22.7 Å². The first-order valence-electron chi connectivity index (χ1n) is 5.54. The molecule has 0 saturated carbocycles. The zero-order valence-electron chi connectivity index (χ0n) is 10.2. The summed E-state index contributed by atoms with van der Waals surface area (Å²) in [6.45, 7) is 4.83. The molecule has 1 rings (SSSR count). The molecule has 2 N–H and O–H groups in total. The van der Waals surface area contributed by atoms with Crippen LogP contribution in [0.3, 0.4) is 0 Å². The van der Waals surface area contributed by atoms with Crippen LogP contribution in [0, 0.1) is 3.57 Å². The topological polar surface area (TPSA) is 58.2 Å². The maximum atomic E-state index is 12.1. The Morgan fingerprint density at radius 1 is 1.44 bits per heavy atom. The summed E-state index contributed by atoms with van der Waals surface area (Å²) in [7, 11) is -3.37. The Morgan fingerprint density at radius 3 is 2.67 bits per heavy atom. The maximum absolute atomic E-state index is 12.1. The van der Waals surface area contributed by atoms with E-state index in [0.29, 0.717) is 12.2 Å². The van der Waals surface area contributed by atoms with E-state index in [-0.39, 0.29) is 0 Å². The van der Waals surface area contributed by atoms with Gasteiger partial charge in [-0.2, -0.15) is 0 Å². The first-order valence-corrected chi connectivity index (χ1v) is 8.96. The summed E-state index contributed by atoms with van der Waals surface area (Å²) in [6.07, 6.45) is 0. The van der Waals surface area contributed by atoms with Gasteiger partial charge in [-0.25, -0.2) is 8.42 Å². The lowest BCUT2D eigenvalue weighted by Crippen LogP contribution is -2.34. The van der Waals surface area contributed by atoms with Gasteiger partial charge in [0.1, 0.15) is 0 Å². The fraction of sp³-hybridized carbons (Fsp3) is 0.455. The Labute approximate surface area is 130 Å². The molecule has 0 bridgehead atoms. The van der Waals surface area contributed by atoms with Crippen molar-refractivity contribution in [2.24, 2.45) is 0 Å². The Balaban J connectivity index is 2.82. The molecule has 0 radical (unpaired) electrons. The van der Waals surface area contributed by atoms with E-state index >= 15 is 0 Å². The Hall–Kier alpha value is 0.140. The van der Waals surface area contributed by atoms with Crippen LogP contribution in [0.2, 0.25) is 0 Å². The van der Waals surface area contributed by atoms with Gasteiger partial charge < -0.3 is 5.32 Å². The highest BCUT2D eigenvalue weighted by atomic mass is 127. The number of hydrogen-bond donors (Lipinski definition) is 2. The quantitative estimate of drug-likeness (QED) is 0.660. The molecule has 0 spiro atoms. The van der Waals surface area contributed by atoms with Crippen molar-refractivity contribution in [3.63, 3.8) is 0 Å². The molecular formula is C11H16BrIN2O2S. The van der Waals surface area contributed by atoms with E-state index in [2.05, 4.69) is 48.6 Å². The highest BCUT2D eigenvalue weighted by Crippen LogP contribution is 2.25. The fourth-order valence-electron chi connectivity index (χ4n) is 1.28. The number of halogens is 2. The molecule has 0 heterocycles. The summed E-state index contributed by atoms with van der Waals surface area (Å²) in [5.41, 5.74) is 0.568. The van der Waals surface area contributed by atoms with Crippen molar-refractivity contribution in [2.75, 3.05) is 17.8 Å². The Bertz CT molecular complexity index is 508. The molecule has 0 aromatic heterocycles. The van der Waals surface area contributed by atoms with Crippen LogP contribution in [-0.4, -0.2) is 26.8 Å². The van der Waals surface area contributed by atoms with Crippen LogP contribution in [-0.2, 0) is 10.0 Å². The molecule has 1 aromatic rings. The lowest BCUT2D eigenvalue weighted by molar-refractivity contribution is 0.579. The molecule has 0 amide bonds. The predicted octanol–water partition coefficient (Wildman–Crippen LogP) is 2.79. The number of sulfonamides is 1. The summed E-state index contributed by atoms with van der Waals surface area (Å²) >= 11 is 5.53. The highest BCUT2D eigenvalue weighted by Gasteiger charge is 2.20. The normalized spacial score (nSPS) is 13.3. The predicted molar refractivity (Wildman–Crippen MR) is 87.4 cm³/mol. The van der Waals surface area contributed by atoms with Gasteiger partial charge in [0.05, 0.1) is 10.9 Å². The molecule has 0 aliphatic carbocycles. The first-order chi connectivity index (χ1) is 8.36. The minimum Gasteiger partial charge on any atom is -0.316 e. The third-order valence-electron chi connectivity index (χ3n) is 2.39. The summed E-state index contributed by atoms with van der Waals surface area (Å²) in [4.78, 5) is 0. The number of anilines is 1. The second-order valence-corrected chi connectivity index (χ2v) is 8.09. The lowest BCUT2D eigenvalue weighted by Gasteiger charge is -2.16. The molecule has 0 aliphatic heterocycles. The van der Waals surface area contributed by atoms with Crippen molar-refractivity contribution in [1.29, 1.82) is 0 Å². The molecule has 0 aliphatic rings. The van der Waals surface area contributed by atoms with Crippen molar-refractivity contribution < 1.29 is 8.42 Å². The maximum Gasteiger partial charge on any atom is 0.236 e. The van der Waals surface area contributed by atoms with Crippen molar-refractivity contribution >= 4 is 54.2 Å². The Kier molecular flexibility index (Phi) is 6.36. The van der Waals surface area contributed by atoms with E-state index in [1.54, 1.807) is 13.0 Å². The van der Waals surface area contributed by atoms with Crippen molar-refractivity contribution in [1.82, 2.24) is 5.32 Å². The largest absolute Gasteiger partial charge is 0.316 e. The van der Waals surface area contributed by atoms with E-state index in [4.69, 9.17) is 0 Å². The zero-order chi connectivity index (χ0) is 13.8. The highest BCUT2D eigenvalue weighted by molar-refractivity contribution is 14.1. The van der Waals surface area contributed by atoms with Crippen molar-refractivity contribution in [2.45, 2.75) is 19.1 Å². The molecule has 1 atom stereocenters. The number of hydrogen-bond acceptors (Lipinski definition) is 3. The van der Waals surface area contributed by atoms with Crippen molar-refractivity contribution in [3.8, 4) is 0 Å². The first kappa shape index (κ1) is 16.2. The zero-order valence-corrected chi connectivity index (χ0v) is 14.8. The van der Waals surface area contributed by atoms with Crippen LogP contribution in [0.25, 0.3) is 0 Å². The van der Waals surface area contributed by atoms with Gasteiger partial charge in [0.25, 0.3) is 0 Å². The number of benzene rings is 1. The summed E-state index contributed by atoms with van der Waals surface area (Å²) in [5, 5.41) is 2.55. The Morgan fingerprint density at radius 2 is 2.11 bits per heavy atom. The molecule has 18 heavy (non-hydrogen) atoms. The number of nitrogens with one attached hydrogen (secondary N) is 2. The van der Waals surface area contributed by atoms with E-state index in [9.17, 15) is 8.42 Å². The van der Waals surface area contributed by atoms with E-state index in [1.807, 2.05) is 19.1 Å². The SMILES string of the molecule is CCNCC(C)S(=O)(=O)Nc1ccc(I)cc1Br. The number of rotatable bonds is 6. The van der Waals surface area contributed by atoms with Crippen LogP contribution in [0.5, 0.6) is 0 Å². The van der Waals surface area contributed by atoms with Crippen LogP contribution >= 0.6 is 38.5 Å². The average molecular weight is 447 g/mol. The summed E-state index contributed by atoms with van der Waals surface area (Å²) in [6, 6.07) is 5.48. The molecule has 102 valence electrons. The van der Waals surface area contributed by atoms with Gasteiger partial charge in [-0.3, -0.25) is 4.72 Å². The molecule has 1 aromatic carbocycles. The van der Waals surface area contributed by atoms with Gasteiger partial charge >= 0.3 is 0 Å². The minimum atomic E-state index is -3.37. The molecule has 1 unspecified atom stereocenters. The average Bonchev–Trinajstić information content (AvgIpc) is 2.29. The van der Waals surface area contributed by atoms with Gasteiger partial charge in [0.2, 0.25) is 10.0 Å². The molecular weight excluding hydrogens is 431 g/mol. The van der Waals surface area contributed by atoms with E-state index in [1.165, 1.54) is 0 Å². The van der Waals surface area contributed by atoms with Crippen molar-refractivity contribution in [3.05, 3.63) is 26.2 Å². The van der Waals surface area contributed by atoms with Crippen LogP contribution in [0.1, 0.15) is 13.8 Å².